The standard InChI is InChI=1S/C16H22N2O/c1-13(2)18-10-4-5-15(18)12-17-11-14-6-8-16(19-3)9-7-14/h4-10,13,17H,11-12H2,1-3H3. The first-order chi connectivity index (χ1) is 9.20. The lowest BCUT2D eigenvalue weighted by Gasteiger charge is -2.13. The summed E-state index contributed by atoms with van der Waals surface area (Å²) in [5.41, 5.74) is 2.59. The Balaban J connectivity index is 1.87. The Labute approximate surface area is 115 Å². The van der Waals surface area contributed by atoms with Crippen molar-refractivity contribution in [1.29, 1.82) is 0 Å². The molecule has 0 bridgehead atoms. The van der Waals surface area contributed by atoms with Gasteiger partial charge in [0.15, 0.2) is 0 Å². The molecule has 0 spiro atoms. The zero-order valence-electron chi connectivity index (χ0n) is 11.9. The fourth-order valence-corrected chi connectivity index (χ4v) is 2.16. The summed E-state index contributed by atoms with van der Waals surface area (Å²) in [5.74, 6) is 0.900. The first-order valence-corrected chi connectivity index (χ1v) is 6.70. The van der Waals surface area contributed by atoms with Crippen molar-refractivity contribution in [2.24, 2.45) is 0 Å². The first kappa shape index (κ1) is 13.7. The van der Waals surface area contributed by atoms with Crippen LogP contribution in [0.2, 0.25) is 0 Å². The van der Waals surface area contributed by atoms with E-state index in [0.29, 0.717) is 6.04 Å². The average molecular weight is 258 g/mol. The second-order valence-corrected chi connectivity index (χ2v) is 4.95. The molecule has 1 heterocycles. The highest BCUT2D eigenvalue weighted by atomic mass is 16.5. The molecule has 1 aromatic carbocycles. The van der Waals surface area contributed by atoms with Gasteiger partial charge in [-0.1, -0.05) is 12.1 Å². The largest absolute Gasteiger partial charge is 0.497 e. The fraction of sp³-hybridized carbons (Fsp3) is 0.375. The van der Waals surface area contributed by atoms with Crippen LogP contribution in [-0.2, 0) is 13.1 Å². The van der Waals surface area contributed by atoms with Gasteiger partial charge in [-0.05, 0) is 43.7 Å². The molecule has 1 aromatic heterocycles. The number of nitrogens with one attached hydrogen (secondary N) is 1. The molecule has 2 aromatic rings. The van der Waals surface area contributed by atoms with Gasteiger partial charge >= 0.3 is 0 Å². The molecule has 0 saturated heterocycles. The molecular formula is C16H22N2O. The van der Waals surface area contributed by atoms with E-state index in [1.54, 1.807) is 7.11 Å². The lowest BCUT2D eigenvalue weighted by atomic mass is 10.2. The molecule has 0 amide bonds. The van der Waals surface area contributed by atoms with Gasteiger partial charge < -0.3 is 14.6 Å². The molecule has 0 aliphatic rings. The number of aromatic nitrogens is 1. The predicted molar refractivity (Wildman–Crippen MR) is 78.4 cm³/mol. The number of hydrogen-bond donors (Lipinski definition) is 1. The van der Waals surface area contributed by atoms with Crippen LogP contribution in [0.1, 0.15) is 31.1 Å². The van der Waals surface area contributed by atoms with Gasteiger partial charge in [0.1, 0.15) is 5.75 Å². The van der Waals surface area contributed by atoms with Crippen molar-refractivity contribution in [1.82, 2.24) is 9.88 Å². The summed E-state index contributed by atoms with van der Waals surface area (Å²) < 4.78 is 7.44. The van der Waals surface area contributed by atoms with Crippen molar-refractivity contribution in [3.8, 4) is 5.75 Å². The van der Waals surface area contributed by atoms with Crippen LogP contribution < -0.4 is 10.1 Å². The Morgan fingerprint density at radius 2 is 1.84 bits per heavy atom. The third-order valence-corrected chi connectivity index (χ3v) is 3.22. The predicted octanol–water partition coefficient (Wildman–Crippen LogP) is 3.37. The van der Waals surface area contributed by atoms with Crippen LogP contribution in [0.5, 0.6) is 5.75 Å². The molecule has 3 heteroatoms. The van der Waals surface area contributed by atoms with Crippen molar-refractivity contribution >= 4 is 0 Å². The topological polar surface area (TPSA) is 26.2 Å². The summed E-state index contributed by atoms with van der Waals surface area (Å²) in [5, 5.41) is 3.48. The summed E-state index contributed by atoms with van der Waals surface area (Å²) in [7, 11) is 1.69. The summed E-state index contributed by atoms with van der Waals surface area (Å²) in [6.45, 7) is 6.16. The van der Waals surface area contributed by atoms with E-state index in [-0.39, 0.29) is 0 Å². The lowest BCUT2D eigenvalue weighted by Crippen LogP contribution is -2.16. The van der Waals surface area contributed by atoms with E-state index < -0.39 is 0 Å². The number of ether oxygens (including phenoxy) is 1. The maximum atomic E-state index is 5.15. The van der Waals surface area contributed by atoms with Gasteiger partial charge in [-0.2, -0.15) is 0 Å². The molecule has 0 unspecified atom stereocenters. The second kappa shape index (κ2) is 6.43. The zero-order chi connectivity index (χ0) is 13.7. The minimum Gasteiger partial charge on any atom is -0.497 e. The van der Waals surface area contributed by atoms with Crippen LogP contribution in [0.4, 0.5) is 0 Å². The van der Waals surface area contributed by atoms with Crippen LogP contribution in [0, 0.1) is 0 Å². The maximum absolute atomic E-state index is 5.15. The SMILES string of the molecule is COc1ccc(CNCc2cccn2C(C)C)cc1. The molecule has 3 nitrogen and oxygen atoms in total. The molecule has 19 heavy (non-hydrogen) atoms. The molecule has 2 rings (SSSR count). The van der Waals surface area contributed by atoms with Gasteiger partial charge in [0.25, 0.3) is 0 Å². The number of benzene rings is 1. The van der Waals surface area contributed by atoms with Crippen LogP contribution in [0.15, 0.2) is 42.6 Å². The number of nitrogens with zero attached hydrogens (tertiary/aromatic N) is 1. The first-order valence-electron chi connectivity index (χ1n) is 6.70. The van der Waals surface area contributed by atoms with Crippen LogP contribution in [-0.4, -0.2) is 11.7 Å². The lowest BCUT2D eigenvalue weighted by molar-refractivity contribution is 0.414. The maximum Gasteiger partial charge on any atom is 0.118 e. The highest BCUT2D eigenvalue weighted by Crippen LogP contribution is 2.12. The minimum atomic E-state index is 0.507. The summed E-state index contributed by atoms with van der Waals surface area (Å²) in [6.07, 6.45) is 2.13. The zero-order valence-corrected chi connectivity index (χ0v) is 11.9. The van der Waals surface area contributed by atoms with E-state index in [0.717, 1.165) is 18.8 Å². The Hall–Kier alpha value is -1.74. The van der Waals surface area contributed by atoms with Crippen LogP contribution >= 0.6 is 0 Å². The van der Waals surface area contributed by atoms with E-state index in [1.165, 1.54) is 11.3 Å². The molecule has 102 valence electrons. The number of hydrogen-bond acceptors (Lipinski definition) is 2. The Morgan fingerprint density at radius 1 is 1.11 bits per heavy atom. The third kappa shape index (κ3) is 3.61. The molecule has 0 atom stereocenters. The normalized spacial score (nSPS) is 10.9. The van der Waals surface area contributed by atoms with Gasteiger partial charge in [0.2, 0.25) is 0 Å². The smallest absolute Gasteiger partial charge is 0.118 e. The Bertz CT molecular complexity index is 500. The van der Waals surface area contributed by atoms with E-state index in [4.69, 9.17) is 4.74 Å². The van der Waals surface area contributed by atoms with Crippen LogP contribution in [0.25, 0.3) is 0 Å². The van der Waals surface area contributed by atoms with Gasteiger partial charge in [-0.3, -0.25) is 0 Å². The summed E-state index contributed by atoms with van der Waals surface area (Å²) in [6, 6.07) is 12.9. The second-order valence-electron chi connectivity index (χ2n) is 4.95. The Kier molecular flexibility index (Phi) is 4.63. The molecule has 0 saturated carbocycles. The van der Waals surface area contributed by atoms with Crippen molar-refractivity contribution in [3.63, 3.8) is 0 Å². The molecular weight excluding hydrogens is 236 g/mol. The highest BCUT2D eigenvalue weighted by Gasteiger charge is 2.03. The van der Waals surface area contributed by atoms with E-state index in [2.05, 4.69) is 54.2 Å². The van der Waals surface area contributed by atoms with Gasteiger partial charge in [-0.15, -0.1) is 0 Å². The van der Waals surface area contributed by atoms with Crippen LogP contribution in [0.3, 0.4) is 0 Å². The van der Waals surface area contributed by atoms with Gasteiger partial charge in [-0.25, -0.2) is 0 Å². The third-order valence-electron chi connectivity index (χ3n) is 3.22. The van der Waals surface area contributed by atoms with E-state index in [1.807, 2.05) is 12.1 Å². The number of rotatable bonds is 6. The molecule has 0 aliphatic heterocycles. The molecule has 0 fully saturated rings. The van der Waals surface area contributed by atoms with Crippen molar-refractivity contribution in [2.75, 3.05) is 7.11 Å². The monoisotopic (exact) mass is 258 g/mol. The van der Waals surface area contributed by atoms with Crippen molar-refractivity contribution in [3.05, 3.63) is 53.9 Å². The summed E-state index contributed by atoms with van der Waals surface area (Å²) in [4.78, 5) is 0. The van der Waals surface area contributed by atoms with Crippen molar-refractivity contribution < 1.29 is 4.74 Å². The minimum absolute atomic E-state index is 0.507. The highest BCUT2D eigenvalue weighted by molar-refractivity contribution is 5.27. The number of methoxy groups -OCH3 is 1. The quantitative estimate of drug-likeness (QED) is 0.859. The average Bonchev–Trinajstić information content (AvgIpc) is 2.88. The summed E-state index contributed by atoms with van der Waals surface area (Å²) >= 11 is 0. The molecule has 0 radical (unpaired) electrons. The van der Waals surface area contributed by atoms with Gasteiger partial charge in [0.05, 0.1) is 7.11 Å². The van der Waals surface area contributed by atoms with Crippen molar-refractivity contribution in [2.45, 2.75) is 33.0 Å². The van der Waals surface area contributed by atoms with E-state index >= 15 is 0 Å². The van der Waals surface area contributed by atoms with Gasteiger partial charge in [0, 0.05) is 31.0 Å². The van der Waals surface area contributed by atoms with E-state index in [9.17, 15) is 0 Å². The fourth-order valence-electron chi connectivity index (χ4n) is 2.16. The molecule has 0 aliphatic carbocycles. The Morgan fingerprint density at radius 3 is 2.47 bits per heavy atom. The molecule has 1 N–H and O–H groups in total.